The largest absolute Gasteiger partial charge is 0.325 e. The maximum absolute atomic E-state index is 12.5. The number of carbonyl (C=O) groups excluding carboxylic acids is 1. The average Bonchev–Trinajstić information content (AvgIpc) is 2.81. The van der Waals surface area contributed by atoms with Crippen LogP contribution in [0.15, 0.2) is 0 Å². The fourth-order valence-corrected chi connectivity index (χ4v) is 3.03. The van der Waals surface area contributed by atoms with Crippen LogP contribution >= 0.6 is 0 Å². The van der Waals surface area contributed by atoms with Crippen molar-refractivity contribution in [1.29, 1.82) is 0 Å². The van der Waals surface area contributed by atoms with Gasteiger partial charge in [0.25, 0.3) is 0 Å². The number of carbonyl (C=O) groups is 1. The molecule has 1 atom stereocenters. The number of likely N-dealkylation sites (tertiary alicyclic amines) is 1. The molecule has 0 bridgehead atoms. The molecule has 2 aliphatic heterocycles. The summed E-state index contributed by atoms with van der Waals surface area (Å²) in [5, 5.41) is 3.41. The Morgan fingerprint density at radius 3 is 2.50 bits per heavy atom. The molecule has 0 spiro atoms. The van der Waals surface area contributed by atoms with Gasteiger partial charge in [-0.2, -0.15) is 0 Å². The minimum Gasteiger partial charge on any atom is -0.325 e. The Morgan fingerprint density at radius 2 is 1.78 bits per heavy atom. The van der Waals surface area contributed by atoms with Gasteiger partial charge in [-0.3, -0.25) is 0 Å². The summed E-state index contributed by atoms with van der Waals surface area (Å²) < 4.78 is 0. The van der Waals surface area contributed by atoms with Crippen LogP contribution in [0.5, 0.6) is 0 Å². The van der Waals surface area contributed by atoms with Crippen LogP contribution in [0.2, 0.25) is 0 Å². The number of rotatable bonds is 1. The molecule has 1 unspecified atom stereocenters. The zero-order valence-corrected chi connectivity index (χ0v) is 11.7. The SMILES string of the molecule is CN(C(=O)N1CCCCCC1)C1CCCNCC1. The highest BCUT2D eigenvalue weighted by Crippen LogP contribution is 2.16. The lowest BCUT2D eigenvalue weighted by molar-refractivity contribution is 0.144. The van der Waals surface area contributed by atoms with Gasteiger partial charge in [-0.05, 0) is 45.2 Å². The molecule has 0 aromatic heterocycles. The molecule has 18 heavy (non-hydrogen) atoms. The van der Waals surface area contributed by atoms with Crippen LogP contribution in [0, 0.1) is 0 Å². The van der Waals surface area contributed by atoms with Gasteiger partial charge in [0.15, 0.2) is 0 Å². The van der Waals surface area contributed by atoms with E-state index in [1.165, 1.54) is 32.1 Å². The molecule has 4 heteroatoms. The second-order valence-electron chi connectivity index (χ2n) is 5.63. The van der Waals surface area contributed by atoms with Crippen molar-refractivity contribution in [1.82, 2.24) is 15.1 Å². The number of amides is 2. The van der Waals surface area contributed by atoms with E-state index in [-0.39, 0.29) is 6.03 Å². The third-order valence-corrected chi connectivity index (χ3v) is 4.27. The topological polar surface area (TPSA) is 35.6 Å². The molecule has 0 saturated carbocycles. The van der Waals surface area contributed by atoms with Crippen LogP contribution < -0.4 is 5.32 Å². The lowest BCUT2D eigenvalue weighted by atomic mass is 10.1. The summed E-state index contributed by atoms with van der Waals surface area (Å²) in [5.74, 6) is 0. The Balaban J connectivity index is 1.89. The number of nitrogens with one attached hydrogen (secondary N) is 1. The highest BCUT2D eigenvalue weighted by Gasteiger charge is 2.25. The lowest BCUT2D eigenvalue weighted by Gasteiger charge is -2.32. The van der Waals surface area contributed by atoms with Gasteiger partial charge in [0.2, 0.25) is 0 Å². The molecule has 4 nitrogen and oxygen atoms in total. The maximum Gasteiger partial charge on any atom is 0.319 e. The summed E-state index contributed by atoms with van der Waals surface area (Å²) in [7, 11) is 1.99. The molecule has 104 valence electrons. The van der Waals surface area contributed by atoms with Gasteiger partial charge in [0, 0.05) is 26.2 Å². The summed E-state index contributed by atoms with van der Waals surface area (Å²) in [4.78, 5) is 16.6. The molecular formula is C14H27N3O. The molecule has 2 amide bonds. The van der Waals surface area contributed by atoms with Crippen molar-refractivity contribution in [3.8, 4) is 0 Å². The summed E-state index contributed by atoms with van der Waals surface area (Å²) in [6, 6.07) is 0.680. The van der Waals surface area contributed by atoms with Gasteiger partial charge in [-0.1, -0.05) is 12.8 Å². The summed E-state index contributed by atoms with van der Waals surface area (Å²) >= 11 is 0. The highest BCUT2D eigenvalue weighted by atomic mass is 16.2. The quantitative estimate of drug-likeness (QED) is 0.776. The second-order valence-corrected chi connectivity index (χ2v) is 5.63. The van der Waals surface area contributed by atoms with E-state index in [1.807, 2.05) is 11.9 Å². The van der Waals surface area contributed by atoms with E-state index in [4.69, 9.17) is 0 Å². The molecule has 2 fully saturated rings. The molecule has 2 rings (SSSR count). The predicted octanol–water partition coefficient (Wildman–Crippen LogP) is 2.06. The Labute approximate surface area is 111 Å². The molecule has 2 saturated heterocycles. The van der Waals surface area contributed by atoms with Gasteiger partial charge < -0.3 is 15.1 Å². The Morgan fingerprint density at radius 1 is 1.06 bits per heavy atom. The van der Waals surface area contributed by atoms with Crippen molar-refractivity contribution in [3.05, 3.63) is 0 Å². The second kappa shape index (κ2) is 6.98. The first-order valence-corrected chi connectivity index (χ1v) is 7.51. The van der Waals surface area contributed by atoms with Crippen LogP contribution in [0.4, 0.5) is 4.79 Å². The summed E-state index contributed by atoms with van der Waals surface area (Å²) in [6.07, 6.45) is 8.32. The van der Waals surface area contributed by atoms with E-state index in [2.05, 4.69) is 10.2 Å². The molecule has 0 radical (unpaired) electrons. The monoisotopic (exact) mass is 253 g/mol. The first-order valence-electron chi connectivity index (χ1n) is 7.51. The molecule has 0 aliphatic carbocycles. The van der Waals surface area contributed by atoms with Crippen LogP contribution in [-0.4, -0.2) is 55.1 Å². The number of nitrogens with zero attached hydrogens (tertiary/aromatic N) is 2. The zero-order chi connectivity index (χ0) is 12.8. The van der Waals surface area contributed by atoms with E-state index in [0.717, 1.165) is 39.0 Å². The Bertz CT molecular complexity index is 254. The molecule has 0 aromatic rings. The third-order valence-electron chi connectivity index (χ3n) is 4.27. The van der Waals surface area contributed by atoms with E-state index < -0.39 is 0 Å². The van der Waals surface area contributed by atoms with Crippen molar-refractivity contribution in [2.75, 3.05) is 33.2 Å². The van der Waals surface area contributed by atoms with Crippen LogP contribution in [0.3, 0.4) is 0 Å². The molecule has 1 N–H and O–H groups in total. The third kappa shape index (κ3) is 3.61. The number of urea groups is 1. The molecule has 0 aromatic carbocycles. The van der Waals surface area contributed by atoms with Crippen molar-refractivity contribution >= 4 is 6.03 Å². The van der Waals surface area contributed by atoms with Crippen molar-refractivity contribution < 1.29 is 4.79 Å². The van der Waals surface area contributed by atoms with Crippen LogP contribution in [0.1, 0.15) is 44.9 Å². The normalized spacial score (nSPS) is 26.3. The van der Waals surface area contributed by atoms with Crippen molar-refractivity contribution in [3.63, 3.8) is 0 Å². The highest BCUT2D eigenvalue weighted by molar-refractivity contribution is 5.74. The van der Waals surface area contributed by atoms with Crippen LogP contribution in [0.25, 0.3) is 0 Å². The van der Waals surface area contributed by atoms with Gasteiger partial charge in [-0.25, -0.2) is 4.79 Å². The fourth-order valence-electron chi connectivity index (χ4n) is 3.03. The predicted molar refractivity (Wildman–Crippen MR) is 73.7 cm³/mol. The maximum atomic E-state index is 12.5. The Kier molecular flexibility index (Phi) is 5.29. The lowest BCUT2D eigenvalue weighted by Crippen LogP contribution is -2.46. The van der Waals surface area contributed by atoms with Gasteiger partial charge in [0.1, 0.15) is 0 Å². The Hall–Kier alpha value is -0.770. The van der Waals surface area contributed by atoms with Gasteiger partial charge in [0.05, 0.1) is 0 Å². The van der Waals surface area contributed by atoms with E-state index in [1.54, 1.807) is 0 Å². The molecule has 2 heterocycles. The average molecular weight is 253 g/mol. The van der Waals surface area contributed by atoms with Gasteiger partial charge in [-0.15, -0.1) is 0 Å². The zero-order valence-electron chi connectivity index (χ0n) is 11.7. The first kappa shape index (κ1) is 13.7. The van der Waals surface area contributed by atoms with E-state index in [9.17, 15) is 4.79 Å². The van der Waals surface area contributed by atoms with Gasteiger partial charge >= 0.3 is 6.03 Å². The van der Waals surface area contributed by atoms with Crippen LogP contribution in [-0.2, 0) is 0 Å². The first-order chi connectivity index (χ1) is 8.79. The number of hydrogen-bond acceptors (Lipinski definition) is 2. The van der Waals surface area contributed by atoms with Crippen molar-refractivity contribution in [2.45, 2.75) is 51.0 Å². The van der Waals surface area contributed by atoms with Crippen molar-refractivity contribution in [2.24, 2.45) is 0 Å². The molecular weight excluding hydrogens is 226 g/mol. The molecule has 2 aliphatic rings. The minimum atomic E-state index is 0.254. The summed E-state index contributed by atoms with van der Waals surface area (Å²) in [6.45, 7) is 4.05. The van der Waals surface area contributed by atoms with E-state index in [0.29, 0.717) is 6.04 Å². The number of hydrogen-bond donors (Lipinski definition) is 1. The fraction of sp³-hybridized carbons (Fsp3) is 0.929. The minimum absolute atomic E-state index is 0.254. The van der Waals surface area contributed by atoms with E-state index >= 15 is 0 Å². The summed E-state index contributed by atoms with van der Waals surface area (Å²) in [5.41, 5.74) is 0. The standard InChI is InChI=1S/C14H27N3O/c1-16(13-7-6-9-15-10-8-13)14(18)17-11-4-2-3-5-12-17/h13,15H,2-12H2,1H3. The smallest absolute Gasteiger partial charge is 0.319 e.